The molecule has 4 heteroatoms. The molecule has 88 valence electrons. The lowest BCUT2D eigenvalue weighted by atomic mass is 10.1. The number of nitrogens with zero attached hydrogens (tertiary/aromatic N) is 1. The van der Waals surface area contributed by atoms with E-state index in [0.29, 0.717) is 6.10 Å². The molecule has 0 radical (unpaired) electrons. The Balaban J connectivity index is 1.98. The minimum atomic E-state index is 0.359. The van der Waals surface area contributed by atoms with Gasteiger partial charge in [-0.3, -0.25) is 0 Å². The van der Waals surface area contributed by atoms with E-state index in [4.69, 9.17) is 4.74 Å². The third-order valence-corrected chi connectivity index (χ3v) is 3.72. The summed E-state index contributed by atoms with van der Waals surface area (Å²) in [6, 6.07) is 6.05. The highest BCUT2D eigenvalue weighted by atomic mass is 79.9. The number of likely N-dealkylation sites (tertiary alicyclic amines) is 1. The molecule has 2 nitrogen and oxygen atoms in total. The van der Waals surface area contributed by atoms with Crippen molar-refractivity contribution in [3.63, 3.8) is 0 Å². The number of rotatable bonds is 2. The van der Waals surface area contributed by atoms with Crippen molar-refractivity contribution in [1.29, 1.82) is 0 Å². The molecule has 1 aromatic carbocycles. The summed E-state index contributed by atoms with van der Waals surface area (Å²) in [5.74, 6) is 0.941. The van der Waals surface area contributed by atoms with Crippen LogP contribution < -0.4 is 4.74 Å². The quantitative estimate of drug-likeness (QED) is 0.808. The van der Waals surface area contributed by atoms with Crippen LogP contribution in [0.25, 0.3) is 0 Å². The van der Waals surface area contributed by atoms with Crippen molar-refractivity contribution in [2.45, 2.75) is 18.9 Å². The summed E-state index contributed by atoms with van der Waals surface area (Å²) in [7, 11) is 2.16. The van der Waals surface area contributed by atoms with E-state index >= 15 is 0 Å². The number of hydrogen-bond acceptors (Lipinski definition) is 2. The second kappa shape index (κ2) is 5.52. The van der Waals surface area contributed by atoms with Crippen molar-refractivity contribution in [1.82, 2.24) is 4.90 Å². The van der Waals surface area contributed by atoms with Gasteiger partial charge in [0.05, 0.1) is 0 Å². The average molecular weight is 349 g/mol. The summed E-state index contributed by atoms with van der Waals surface area (Å²) < 4.78 is 8.07. The van der Waals surface area contributed by atoms with Crippen molar-refractivity contribution in [2.24, 2.45) is 0 Å². The molecule has 0 spiro atoms. The first kappa shape index (κ1) is 12.4. The number of benzene rings is 1. The summed E-state index contributed by atoms with van der Waals surface area (Å²) in [4.78, 5) is 2.34. The Morgan fingerprint density at radius 2 is 1.69 bits per heavy atom. The van der Waals surface area contributed by atoms with Crippen LogP contribution in [-0.2, 0) is 0 Å². The standard InChI is InChI=1S/C12H15Br2NO/c1-15-4-2-11(3-5-15)16-12-7-9(13)6-10(14)8-12/h6-8,11H,2-5H2,1H3. The first-order valence-corrected chi connectivity index (χ1v) is 7.03. The van der Waals surface area contributed by atoms with E-state index in [1.807, 2.05) is 18.2 Å². The number of ether oxygens (including phenoxy) is 1. The van der Waals surface area contributed by atoms with Gasteiger partial charge in [0, 0.05) is 22.0 Å². The molecular weight excluding hydrogens is 334 g/mol. The molecule has 0 bridgehead atoms. The molecule has 0 N–H and O–H groups in total. The van der Waals surface area contributed by atoms with E-state index in [1.165, 1.54) is 0 Å². The van der Waals surface area contributed by atoms with Crippen molar-refractivity contribution < 1.29 is 4.74 Å². The van der Waals surface area contributed by atoms with E-state index in [-0.39, 0.29) is 0 Å². The Hall–Kier alpha value is -0.0600. The van der Waals surface area contributed by atoms with Gasteiger partial charge < -0.3 is 9.64 Å². The van der Waals surface area contributed by atoms with Crippen LogP contribution >= 0.6 is 31.9 Å². The fourth-order valence-electron chi connectivity index (χ4n) is 1.89. The summed E-state index contributed by atoms with van der Waals surface area (Å²) in [6.07, 6.45) is 2.58. The van der Waals surface area contributed by atoms with Gasteiger partial charge in [0.15, 0.2) is 0 Å². The lowest BCUT2D eigenvalue weighted by Gasteiger charge is -2.29. The van der Waals surface area contributed by atoms with Gasteiger partial charge in [-0.05, 0) is 38.1 Å². The van der Waals surface area contributed by atoms with Crippen molar-refractivity contribution >= 4 is 31.9 Å². The molecule has 1 aliphatic rings. The average Bonchev–Trinajstić information content (AvgIpc) is 2.20. The van der Waals surface area contributed by atoms with Crippen LogP contribution in [0.3, 0.4) is 0 Å². The second-order valence-electron chi connectivity index (χ2n) is 4.23. The topological polar surface area (TPSA) is 12.5 Å². The molecule has 0 aliphatic carbocycles. The van der Waals surface area contributed by atoms with E-state index < -0.39 is 0 Å². The lowest BCUT2D eigenvalue weighted by Crippen LogP contribution is -2.35. The van der Waals surface area contributed by atoms with Crippen LogP contribution in [0.15, 0.2) is 27.1 Å². The third-order valence-electron chi connectivity index (χ3n) is 2.80. The molecule has 2 rings (SSSR count). The Bertz CT molecular complexity index is 342. The van der Waals surface area contributed by atoms with E-state index in [2.05, 4.69) is 43.8 Å². The summed E-state index contributed by atoms with van der Waals surface area (Å²) in [5, 5.41) is 0. The van der Waals surface area contributed by atoms with Crippen LogP contribution in [0.5, 0.6) is 5.75 Å². The molecule has 0 aromatic heterocycles. The first-order valence-electron chi connectivity index (χ1n) is 5.45. The number of halogens is 2. The lowest BCUT2D eigenvalue weighted by molar-refractivity contribution is 0.114. The maximum absolute atomic E-state index is 5.98. The SMILES string of the molecule is CN1CCC(Oc2cc(Br)cc(Br)c2)CC1. The van der Waals surface area contributed by atoms with Crippen LogP contribution in [0.4, 0.5) is 0 Å². The summed E-state index contributed by atoms with van der Waals surface area (Å²) in [5.41, 5.74) is 0. The largest absolute Gasteiger partial charge is 0.490 e. The Kier molecular flexibility index (Phi) is 4.27. The van der Waals surface area contributed by atoms with Gasteiger partial charge in [-0.2, -0.15) is 0 Å². The molecule has 1 heterocycles. The molecule has 0 amide bonds. The summed E-state index contributed by atoms with van der Waals surface area (Å²) >= 11 is 6.94. The first-order chi connectivity index (χ1) is 7.63. The van der Waals surface area contributed by atoms with Gasteiger partial charge in [0.1, 0.15) is 11.9 Å². The maximum atomic E-state index is 5.98. The minimum absolute atomic E-state index is 0.359. The van der Waals surface area contributed by atoms with Crippen LogP contribution in [-0.4, -0.2) is 31.1 Å². The van der Waals surface area contributed by atoms with Gasteiger partial charge in [-0.25, -0.2) is 0 Å². The molecular formula is C12H15Br2NO. The van der Waals surface area contributed by atoms with Gasteiger partial charge in [-0.15, -0.1) is 0 Å². The smallest absolute Gasteiger partial charge is 0.121 e. The molecule has 1 fully saturated rings. The monoisotopic (exact) mass is 347 g/mol. The fourth-order valence-corrected chi connectivity index (χ4v) is 3.14. The number of hydrogen-bond donors (Lipinski definition) is 0. The molecule has 1 aliphatic heterocycles. The summed E-state index contributed by atoms with van der Waals surface area (Å²) in [6.45, 7) is 2.25. The zero-order valence-corrected chi connectivity index (χ0v) is 12.4. The van der Waals surface area contributed by atoms with Crippen molar-refractivity contribution in [2.75, 3.05) is 20.1 Å². The van der Waals surface area contributed by atoms with Gasteiger partial charge >= 0.3 is 0 Å². The van der Waals surface area contributed by atoms with Crippen molar-refractivity contribution in [3.8, 4) is 5.75 Å². The maximum Gasteiger partial charge on any atom is 0.121 e. The van der Waals surface area contributed by atoms with Crippen LogP contribution in [0.2, 0.25) is 0 Å². The van der Waals surface area contributed by atoms with Crippen LogP contribution in [0.1, 0.15) is 12.8 Å². The minimum Gasteiger partial charge on any atom is -0.490 e. The highest BCUT2D eigenvalue weighted by molar-refractivity contribution is 9.11. The molecule has 0 atom stereocenters. The molecule has 0 unspecified atom stereocenters. The van der Waals surface area contributed by atoms with Crippen molar-refractivity contribution in [3.05, 3.63) is 27.1 Å². The van der Waals surface area contributed by atoms with Gasteiger partial charge in [0.2, 0.25) is 0 Å². The predicted octanol–water partition coefficient (Wildman–Crippen LogP) is 3.68. The van der Waals surface area contributed by atoms with E-state index in [9.17, 15) is 0 Å². The Morgan fingerprint density at radius 1 is 1.12 bits per heavy atom. The zero-order valence-electron chi connectivity index (χ0n) is 9.25. The molecule has 16 heavy (non-hydrogen) atoms. The molecule has 1 saturated heterocycles. The highest BCUT2D eigenvalue weighted by Crippen LogP contribution is 2.27. The molecule has 0 saturated carbocycles. The normalized spacial score (nSPS) is 18.7. The van der Waals surface area contributed by atoms with E-state index in [1.54, 1.807) is 0 Å². The second-order valence-corrected chi connectivity index (χ2v) is 6.06. The Labute approximate surface area is 113 Å². The van der Waals surface area contributed by atoms with Gasteiger partial charge in [-0.1, -0.05) is 31.9 Å². The predicted molar refractivity (Wildman–Crippen MR) is 73.0 cm³/mol. The number of piperidine rings is 1. The van der Waals surface area contributed by atoms with Gasteiger partial charge in [0.25, 0.3) is 0 Å². The fraction of sp³-hybridized carbons (Fsp3) is 0.500. The zero-order chi connectivity index (χ0) is 11.5. The van der Waals surface area contributed by atoms with Crippen LogP contribution in [0, 0.1) is 0 Å². The Morgan fingerprint density at radius 3 is 2.25 bits per heavy atom. The third kappa shape index (κ3) is 3.47. The molecule has 1 aromatic rings. The van der Waals surface area contributed by atoms with E-state index in [0.717, 1.165) is 40.6 Å². The highest BCUT2D eigenvalue weighted by Gasteiger charge is 2.18.